The first-order chi connectivity index (χ1) is 17.0. The molecule has 178 valence electrons. The molecule has 35 heavy (non-hydrogen) atoms. The van der Waals surface area contributed by atoms with Gasteiger partial charge in [0.25, 0.3) is 0 Å². The molecule has 0 heterocycles. The van der Waals surface area contributed by atoms with Crippen LogP contribution in [-0.4, -0.2) is 22.3 Å². The molecule has 5 heteroatoms. The van der Waals surface area contributed by atoms with Crippen molar-refractivity contribution < 1.29 is 9.84 Å². The number of hydrogen-bond acceptors (Lipinski definition) is 4. The van der Waals surface area contributed by atoms with Crippen LogP contribution in [0.25, 0.3) is 0 Å². The lowest BCUT2D eigenvalue weighted by molar-refractivity contribution is 0.409. The first-order valence-electron chi connectivity index (χ1n) is 11.5. The van der Waals surface area contributed by atoms with Crippen molar-refractivity contribution in [3.63, 3.8) is 0 Å². The van der Waals surface area contributed by atoms with Crippen LogP contribution in [0.5, 0.6) is 11.5 Å². The molecule has 0 aliphatic carbocycles. The minimum absolute atomic E-state index is 0.257. The Kier molecular flexibility index (Phi) is 8.11. The molecule has 0 saturated heterocycles. The lowest BCUT2D eigenvalue weighted by Gasteiger charge is -2.26. The highest BCUT2D eigenvalue weighted by Crippen LogP contribution is 2.33. The topological polar surface area (TPSA) is 45.1 Å². The zero-order chi connectivity index (χ0) is 24.6. The maximum Gasteiger partial charge on any atom is 0.170 e. The van der Waals surface area contributed by atoms with E-state index in [0.717, 1.165) is 32.6 Å². The van der Waals surface area contributed by atoms with Crippen LogP contribution in [-0.2, 0) is 13.1 Å². The normalized spacial score (nSPS) is 11.3. The fourth-order valence-corrected chi connectivity index (χ4v) is 4.81. The van der Waals surface area contributed by atoms with Crippen molar-refractivity contribution in [3.8, 4) is 11.5 Å². The van der Waals surface area contributed by atoms with E-state index in [1.165, 1.54) is 11.1 Å². The molecule has 0 aliphatic heterocycles. The Labute approximate surface area is 211 Å². The van der Waals surface area contributed by atoms with Gasteiger partial charge in [0.05, 0.1) is 7.11 Å². The largest absolute Gasteiger partial charge is 0.508 e. The van der Waals surface area contributed by atoms with E-state index in [1.54, 1.807) is 31.0 Å². The van der Waals surface area contributed by atoms with Gasteiger partial charge in [-0.2, -0.15) is 0 Å². The van der Waals surface area contributed by atoms with Crippen LogP contribution in [0.2, 0.25) is 0 Å². The molecule has 0 atom stereocenters. The number of aromatic hydroxyl groups is 1. The van der Waals surface area contributed by atoms with Crippen molar-refractivity contribution in [3.05, 3.63) is 119 Å². The van der Waals surface area contributed by atoms with E-state index < -0.39 is 0 Å². The molecule has 0 unspecified atom stereocenters. The summed E-state index contributed by atoms with van der Waals surface area (Å²) in [4.78, 5) is 8.51. The number of thioether (sulfide) groups is 1. The summed E-state index contributed by atoms with van der Waals surface area (Å²) in [6, 6.07) is 32.2. The van der Waals surface area contributed by atoms with Crippen LogP contribution >= 0.6 is 11.8 Å². The van der Waals surface area contributed by atoms with Crippen LogP contribution in [0.15, 0.2) is 107 Å². The average molecular weight is 483 g/mol. The first kappa shape index (κ1) is 24.4. The molecule has 4 aromatic carbocycles. The lowest BCUT2D eigenvalue weighted by Crippen LogP contribution is -2.28. The zero-order valence-electron chi connectivity index (χ0n) is 20.3. The lowest BCUT2D eigenvalue weighted by atomic mass is 10.1. The number of hydrogen-bond donors (Lipinski definition) is 1. The van der Waals surface area contributed by atoms with Gasteiger partial charge in [0, 0.05) is 18.0 Å². The number of nitrogens with zero attached hydrogens (tertiary/aromatic N) is 2. The molecular formula is C30H30N2O2S. The number of aryl methyl sites for hydroxylation is 2. The zero-order valence-corrected chi connectivity index (χ0v) is 21.1. The van der Waals surface area contributed by atoms with E-state index in [2.05, 4.69) is 67.3 Å². The molecular weight excluding hydrogens is 452 g/mol. The van der Waals surface area contributed by atoms with Gasteiger partial charge in [-0.3, -0.25) is 0 Å². The Balaban J connectivity index is 1.81. The van der Waals surface area contributed by atoms with Crippen LogP contribution < -0.4 is 4.74 Å². The summed E-state index contributed by atoms with van der Waals surface area (Å²) in [6.45, 7) is 5.41. The van der Waals surface area contributed by atoms with Crippen molar-refractivity contribution in [2.24, 2.45) is 4.99 Å². The molecule has 0 amide bonds. The van der Waals surface area contributed by atoms with Crippen LogP contribution in [0.3, 0.4) is 0 Å². The van der Waals surface area contributed by atoms with E-state index in [-0.39, 0.29) is 5.75 Å². The Bertz CT molecular complexity index is 1300. The Morgan fingerprint density at radius 1 is 0.800 bits per heavy atom. The number of phenolic OH excluding ortho intramolecular Hbond substituents is 1. The van der Waals surface area contributed by atoms with Crippen molar-refractivity contribution in [2.75, 3.05) is 7.11 Å². The second-order valence-electron chi connectivity index (χ2n) is 8.50. The van der Waals surface area contributed by atoms with Gasteiger partial charge in [0.15, 0.2) is 5.17 Å². The third-order valence-electron chi connectivity index (χ3n) is 5.52. The van der Waals surface area contributed by atoms with Gasteiger partial charge in [0.2, 0.25) is 0 Å². The predicted octanol–water partition coefficient (Wildman–Crippen LogP) is 7.50. The van der Waals surface area contributed by atoms with Crippen molar-refractivity contribution in [2.45, 2.75) is 31.8 Å². The quantitative estimate of drug-likeness (QED) is 0.168. The van der Waals surface area contributed by atoms with E-state index >= 15 is 0 Å². The fourth-order valence-electron chi connectivity index (χ4n) is 3.80. The summed E-state index contributed by atoms with van der Waals surface area (Å²) < 4.78 is 5.63. The number of benzene rings is 4. The molecule has 0 aromatic heterocycles. The molecule has 0 radical (unpaired) electrons. The third-order valence-corrected chi connectivity index (χ3v) is 6.54. The van der Waals surface area contributed by atoms with Crippen molar-refractivity contribution >= 4 is 22.6 Å². The Morgan fingerprint density at radius 3 is 2.26 bits per heavy atom. The van der Waals surface area contributed by atoms with Gasteiger partial charge in [-0.1, -0.05) is 78.0 Å². The second-order valence-corrected chi connectivity index (χ2v) is 9.54. The molecule has 0 fully saturated rings. The monoisotopic (exact) mass is 482 g/mol. The molecule has 0 aliphatic rings. The summed E-state index contributed by atoms with van der Waals surface area (Å²) >= 11 is 1.63. The molecule has 4 rings (SSSR count). The van der Waals surface area contributed by atoms with E-state index in [9.17, 15) is 5.11 Å². The van der Waals surface area contributed by atoms with Crippen LogP contribution in [0, 0.1) is 13.8 Å². The molecule has 1 N–H and O–H groups in total. The van der Waals surface area contributed by atoms with Crippen molar-refractivity contribution in [1.29, 1.82) is 0 Å². The first-order valence-corrected chi connectivity index (χ1v) is 12.4. The Hall–Kier alpha value is -3.70. The molecule has 0 spiro atoms. The molecule has 4 nitrogen and oxygen atoms in total. The predicted molar refractivity (Wildman–Crippen MR) is 146 cm³/mol. The number of rotatable bonds is 7. The van der Waals surface area contributed by atoms with Gasteiger partial charge in [-0.05, 0) is 66.9 Å². The van der Waals surface area contributed by atoms with Crippen LogP contribution in [0.1, 0.15) is 22.3 Å². The maximum absolute atomic E-state index is 10.1. The number of phenols is 1. The summed E-state index contributed by atoms with van der Waals surface area (Å²) in [7, 11) is 1.67. The summed E-state index contributed by atoms with van der Waals surface area (Å²) in [5.41, 5.74) is 5.30. The van der Waals surface area contributed by atoms with Gasteiger partial charge in [0.1, 0.15) is 17.2 Å². The van der Waals surface area contributed by atoms with Gasteiger partial charge in [-0.25, -0.2) is 4.99 Å². The smallest absolute Gasteiger partial charge is 0.170 e. The van der Waals surface area contributed by atoms with Gasteiger partial charge >= 0.3 is 0 Å². The summed E-state index contributed by atoms with van der Waals surface area (Å²) in [5, 5.41) is 10.9. The summed E-state index contributed by atoms with van der Waals surface area (Å²) in [6.07, 6.45) is 0. The van der Waals surface area contributed by atoms with E-state index in [0.29, 0.717) is 13.1 Å². The van der Waals surface area contributed by atoms with Gasteiger partial charge in [-0.15, -0.1) is 0 Å². The van der Waals surface area contributed by atoms with Crippen molar-refractivity contribution in [1.82, 2.24) is 4.90 Å². The average Bonchev–Trinajstić information content (AvgIpc) is 2.84. The van der Waals surface area contributed by atoms with E-state index in [1.807, 2.05) is 36.4 Å². The van der Waals surface area contributed by atoms with Gasteiger partial charge < -0.3 is 14.7 Å². The van der Waals surface area contributed by atoms with E-state index in [4.69, 9.17) is 9.73 Å². The molecule has 4 aromatic rings. The molecule has 0 bridgehead atoms. The Morgan fingerprint density at radius 2 is 1.51 bits per heavy atom. The fraction of sp³-hybridized carbons (Fsp3) is 0.167. The second kappa shape index (κ2) is 11.6. The minimum atomic E-state index is 0.257. The number of methoxy groups -OCH3 is 1. The van der Waals surface area contributed by atoms with Crippen LogP contribution in [0.4, 0.5) is 5.69 Å². The third kappa shape index (κ3) is 6.90. The number of aliphatic imine (C=N–C) groups is 1. The molecule has 0 saturated carbocycles. The highest BCUT2D eigenvalue weighted by atomic mass is 32.2. The minimum Gasteiger partial charge on any atom is -0.508 e. The maximum atomic E-state index is 10.1. The summed E-state index contributed by atoms with van der Waals surface area (Å²) in [5.74, 6) is 0.988. The standard InChI is InChI=1S/C30H30N2O2S/c1-22-9-7-14-27(17-22)35-30(31-28-18-23(2)15-16-29(28)34-3)32(20-24-10-5-4-6-11-24)21-25-12-8-13-26(33)19-25/h4-19,33H,20-21H2,1-3H3. The number of ether oxygens (including phenoxy) is 1. The number of amidine groups is 1. The highest BCUT2D eigenvalue weighted by Gasteiger charge is 2.17. The highest BCUT2D eigenvalue weighted by molar-refractivity contribution is 8.13. The SMILES string of the molecule is COc1ccc(C)cc1N=C(Sc1cccc(C)c1)N(Cc1ccccc1)Cc1cccc(O)c1.